The van der Waals surface area contributed by atoms with Crippen molar-refractivity contribution in [2.45, 2.75) is 6.54 Å². The van der Waals surface area contributed by atoms with Crippen LogP contribution in [0.15, 0.2) is 54.6 Å². The van der Waals surface area contributed by atoms with Crippen molar-refractivity contribution in [3.8, 4) is 0 Å². The number of benzene rings is 3. The standard InChI is InChI=1S/C15H13N/c16-10-11-5-6-13-8-7-12-3-1-2-4-14(12)15(13)9-11/h1-9H,10,16H2. The average molecular weight is 207 g/mol. The van der Waals surface area contributed by atoms with Gasteiger partial charge in [-0.05, 0) is 33.2 Å². The molecule has 3 rings (SSSR count). The molecule has 0 saturated carbocycles. The molecule has 1 nitrogen and oxygen atoms in total. The van der Waals surface area contributed by atoms with Gasteiger partial charge in [-0.15, -0.1) is 0 Å². The summed E-state index contributed by atoms with van der Waals surface area (Å²) in [6, 6.07) is 19.2. The Morgan fingerprint density at radius 3 is 2.25 bits per heavy atom. The molecule has 0 fully saturated rings. The molecule has 0 amide bonds. The van der Waals surface area contributed by atoms with Crippen LogP contribution in [0.4, 0.5) is 0 Å². The lowest BCUT2D eigenvalue weighted by Crippen LogP contribution is -1.95. The summed E-state index contributed by atoms with van der Waals surface area (Å²) >= 11 is 0. The van der Waals surface area contributed by atoms with Gasteiger partial charge in [0.1, 0.15) is 0 Å². The Hall–Kier alpha value is -1.86. The summed E-state index contributed by atoms with van der Waals surface area (Å²) in [4.78, 5) is 0. The van der Waals surface area contributed by atoms with Crippen molar-refractivity contribution in [1.29, 1.82) is 0 Å². The molecule has 0 spiro atoms. The van der Waals surface area contributed by atoms with Crippen molar-refractivity contribution in [1.82, 2.24) is 0 Å². The zero-order valence-electron chi connectivity index (χ0n) is 8.98. The predicted molar refractivity (Wildman–Crippen MR) is 69.3 cm³/mol. The summed E-state index contributed by atoms with van der Waals surface area (Å²) in [5.41, 5.74) is 6.87. The third-order valence-corrected chi connectivity index (χ3v) is 3.05. The molecule has 0 saturated heterocycles. The Labute approximate surface area is 94.5 Å². The predicted octanol–water partition coefficient (Wildman–Crippen LogP) is 3.45. The van der Waals surface area contributed by atoms with E-state index >= 15 is 0 Å². The third kappa shape index (κ3) is 1.37. The van der Waals surface area contributed by atoms with Gasteiger partial charge >= 0.3 is 0 Å². The summed E-state index contributed by atoms with van der Waals surface area (Å²) in [7, 11) is 0. The van der Waals surface area contributed by atoms with Gasteiger partial charge in [0.05, 0.1) is 0 Å². The number of hydrogen-bond acceptors (Lipinski definition) is 1. The Kier molecular flexibility index (Phi) is 2.12. The summed E-state index contributed by atoms with van der Waals surface area (Å²) in [5, 5.41) is 5.15. The summed E-state index contributed by atoms with van der Waals surface area (Å²) in [5.74, 6) is 0. The molecular formula is C15H13N. The van der Waals surface area contributed by atoms with Crippen LogP contribution < -0.4 is 5.73 Å². The second kappa shape index (κ2) is 3.62. The highest BCUT2D eigenvalue weighted by Gasteiger charge is 2.00. The van der Waals surface area contributed by atoms with Crippen molar-refractivity contribution >= 4 is 21.5 Å². The zero-order valence-corrected chi connectivity index (χ0v) is 8.98. The van der Waals surface area contributed by atoms with Gasteiger partial charge in [0.2, 0.25) is 0 Å². The average Bonchev–Trinajstić information content (AvgIpc) is 2.38. The Morgan fingerprint density at radius 1 is 0.750 bits per heavy atom. The first-order valence-electron chi connectivity index (χ1n) is 5.49. The summed E-state index contributed by atoms with van der Waals surface area (Å²) in [6.07, 6.45) is 0. The minimum absolute atomic E-state index is 0.596. The fourth-order valence-electron chi connectivity index (χ4n) is 2.18. The number of fused-ring (bicyclic) bond motifs is 3. The largest absolute Gasteiger partial charge is 0.326 e. The van der Waals surface area contributed by atoms with E-state index in [-0.39, 0.29) is 0 Å². The summed E-state index contributed by atoms with van der Waals surface area (Å²) < 4.78 is 0. The van der Waals surface area contributed by atoms with Crippen LogP contribution in [0.1, 0.15) is 5.56 Å². The van der Waals surface area contributed by atoms with Gasteiger partial charge in [0, 0.05) is 6.54 Å². The fraction of sp³-hybridized carbons (Fsp3) is 0.0667. The first-order valence-corrected chi connectivity index (χ1v) is 5.49. The normalized spacial score (nSPS) is 11.1. The van der Waals surface area contributed by atoms with Crippen LogP contribution in [0.3, 0.4) is 0 Å². The van der Waals surface area contributed by atoms with Gasteiger partial charge in [-0.2, -0.15) is 0 Å². The smallest absolute Gasteiger partial charge is 0.0178 e. The molecule has 0 unspecified atom stereocenters. The van der Waals surface area contributed by atoms with E-state index in [9.17, 15) is 0 Å². The van der Waals surface area contributed by atoms with Gasteiger partial charge in [-0.25, -0.2) is 0 Å². The van der Waals surface area contributed by atoms with E-state index < -0.39 is 0 Å². The minimum atomic E-state index is 0.596. The van der Waals surface area contributed by atoms with Crippen LogP contribution in [0.2, 0.25) is 0 Å². The highest BCUT2D eigenvalue weighted by Crippen LogP contribution is 2.25. The van der Waals surface area contributed by atoms with E-state index in [0.717, 1.165) is 0 Å². The first kappa shape index (κ1) is 9.37. The minimum Gasteiger partial charge on any atom is -0.326 e. The monoisotopic (exact) mass is 207 g/mol. The fourth-order valence-corrected chi connectivity index (χ4v) is 2.18. The molecule has 0 heterocycles. The van der Waals surface area contributed by atoms with Crippen molar-refractivity contribution < 1.29 is 0 Å². The molecule has 16 heavy (non-hydrogen) atoms. The van der Waals surface area contributed by atoms with Crippen LogP contribution in [0.25, 0.3) is 21.5 Å². The molecule has 0 aliphatic rings. The molecule has 0 aliphatic heterocycles. The second-order valence-electron chi connectivity index (χ2n) is 4.05. The van der Waals surface area contributed by atoms with Crippen LogP contribution in [0.5, 0.6) is 0 Å². The molecule has 1 heteroatoms. The van der Waals surface area contributed by atoms with Crippen molar-refractivity contribution in [3.63, 3.8) is 0 Å². The van der Waals surface area contributed by atoms with E-state index in [1.165, 1.54) is 27.1 Å². The maximum atomic E-state index is 5.68. The number of hydrogen-bond donors (Lipinski definition) is 1. The Bertz CT molecular complexity index is 656. The highest BCUT2D eigenvalue weighted by molar-refractivity contribution is 6.07. The molecule has 0 aliphatic carbocycles. The molecule has 0 radical (unpaired) electrons. The Balaban J connectivity index is 2.47. The van der Waals surface area contributed by atoms with E-state index in [1.807, 2.05) is 0 Å². The van der Waals surface area contributed by atoms with E-state index in [0.29, 0.717) is 6.54 Å². The molecular weight excluding hydrogens is 194 g/mol. The van der Waals surface area contributed by atoms with E-state index in [4.69, 9.17) is 5.73 Å². The first-order chi connectivity index (χ1) is 7.88. The van der Waals surface area contributed by atoms with Crippen molar-refractivity contribution in [2.75, 3.05) is 0 Å². The van der Waals surface area contributed by atoms with E-state index in [1.54, 1.807) is 0 Å². The quantitative estimate of drug-likeness (QED) is 0.608. The molecule has 2 N–H and O–H groups in total. The van der Waals surface area contributed by atoms with Crippen LogP contribution in [-0.4, -0.2) is 0 Å². The third-order valence-electron chi connectivity index (χ3n) is 3.05. The SMILES string of the molecule is NCc1ccc2ccc3ccccc3c2c1. The lowest BCUT2D eigenvalue weighted by Gasteiger charge is -2.05. The molecule has 0 aromatic heterocycles. The maximum absolute atomic E-state index is 5.68. The molecule has 0 atom stereocenters. The van der Waals surface area contributed by atoms with Gasteiger partial charge in [0.25, 0.3) is 0 Å². The number of rotatable bonds is 1. The maximum Gasteiger partial charge on any atom is 0.0178 e. The van der Waals surface area contributed by atoms with Crippen LogP contribution in [0, 0.1) is 0 Å². The molecule has 0 bridgehead atoms. The lowest BCUT2D eigenvalue weighted by molar-refractivity contribution is 1.08. The van der Waals surface area contributed by atoms with Crippen molar-refractivity contribution in [2.24, 2.45) is 5.73 Å². The molecule has 78 valence electrons. The number of nitrogens with two attached hydrogens (primary N) is 1. The topological polar surface area (TPSA) is 26.0 Å². The van der Waals surface area contributed by atoms with Crippen molar-refractivity contribution in [3.05, 3.63) is 60.2 Å². The van der Waals surface area contributed by atoms with Gasteiger partial charge < -0.3 is 5.73 Å². The second-order valence-corrected chi connectivity index (χ2v) is 4.05. The van der Waals surface area contributed by atoms with Gasteiger partial charge in [0.15, 0.2) is 0 Å². The summed E-state index contributed by atoms with van der Waals surface area (Å²) in [6.45, 7) is 0.596. The van der Waals surface area contributed by atoms with E-state index in [2.05, 4.69) is 54.6 Å². The lowest BCUT2D eigenvalue weighted by atomic mass is 10.0. The molecule has 3 aromatic carbocycles. The van der Waals surface area contributed by atoms with Gasteiger partial charge in [-0.3, -0.25) is 0 Å². The van der Waals surface area contributed by atoms with Crippen LogP contribution in [-0.2, 0) is 6.54 Å². The van der Waals surface area contributed by atoms with Crippen LogP contribution >= 0.6 is 0 Å². The molecule has 3 aromatic rings. The Morgan fingerprint density at radius 2 is 1.44 bits per heavy atom. The van der Waals surface area contributed by atoms with Gasteiger partial charge in [-0.1, -0.05) is 48.5 Å². The highest BCUT2D eigenvalue weighted by atomic mass is 14.5. The zero-order chi connectivity index (χ0) is 11.0.